The van der Waals surface area contributed by atoms with E-state index in [0.717, 1.165) is 25.7 Å². The molecule has 1 fully saturated rings. The molecule has 1 saturated carbocycles. The van der Waals surface area contributed by atoms with Crippen LogP contribution in [0.4, 0.5) is 4.39 Å². The van der Waals surface area contributed by atoms with E-state index in [-0.39, 0.29) is 29.6 Å². The fraction of sp³-hybridized carbons (Fsp3) is 0.556. The Morgan fingerprint density at radius 3 is 2.26 bits per heavy atom. The summed E-state index contributed by atoms with van der Waals surface area (Å²) in [5.74, 6) is -0.811. The molecule has 2 amide bonds. The minimum Gasteiger partial charge on any atom is -0.341 e. The number of carbonyl (C=O) groups is 2. The van der Waals surface area contributed by atoms with Gasteiger partial charge < -0.3 is 10.2 Å². The van der Waals surface area contributed by atoms with E-state index in [4.69, 9.17) is 0 Å². The lowest BCUT2D eigenvalue weighted by Crippen LogP contribution is -2.52. The molecule has 0 spiro atoms. The highest BCUT2D eigenvalue weighted by Crippen LogP contribution is 2.23. The molecule has 1 aliphatic carbocycles. The Labute approximate surface area is 137 Å². The summed E-state index contributed by atoms with van der Waals surface area (Å²) in [5.41, 5.74) is 0.355. The third kappa shape index (κ3) is 4.30. The zero-order valence-corrected chi connectivity index (χ0v) is 14.0. The summed E-state index contributed by atoms with van der Waals surface area (Å²) in [6, 6.07) is 5.03. The average molecular weight is 320 g/mol. The van der Waals surface area contributed by atoms with Crippen LogP contribution in [0.25, 0.3) is 0 Å². The zero-order valence-electron chi connectivity index (χ0n) is 14.0. The van der Waals surface area contributed by atoms with Gasteiger partial charge >= 0.3 is 0 Å². The maximum Gasteiger partial charge on any atom is 0.251 e. The fourth-order valence-electron chi connectivity index (χ4n) is 3.03. The number of likely N-dealkylation sites (N-methyl/N-ethyl adjacent to an activating group) is 1. The first-order valence-corrected chi connectivity index (χ1v) is 8.23. The Morgan fingerprint density at radius 2 is 1.74 bits per heavy atom. The monoisotopic (exact) mass is 320 g/mol. The van der Waals surface area contributed by atoms with E-state index < -0.39 is 6.04 Å². The lowest BCUT2D eigenvalue weighted by Gasteiger charge is -2.31. The van der Waals surface area contributed by atoms with Crippen molar-refractivity contribution >= 4 is 11.8 Å². The van der Waals surface area contributed by atoms with E-state index in [1.165, 1.54) is 24.3 Å². The maximum absolute atomic E-state index is 13.0. The summed E-state index contributed by atoms with van der Waals surface area (Å²) in [6.07, 6.45) is 4.35. The number of carbonyl (C=O) groups excluding carboxylic acids is 2. The Balaban J connectivity index is 2.06. The van der Waals surface area contributed by atoms with E-state index in [1.54, 1.807) is 4.90 Å². The predicted molar refractivity (Wildman–Crippen MR) is 87.5 cm³/mol. The summed E-state index contributed by atoms with van der Waals surface area (Å²) < 4.78 is 13.0. The molecule has 126 valence electrons. The number of hydrogen-bond acceptors (Lipinski definition) is 2. The van der Waals surface area contributed by atoms with E-state index >= 15 is 0 Å². The molecule has 1 aliphatic rings. The smallest absolute Gasteiger partial charge is 0.251 e. The summed E-state index contributed by atoms with van der Waals surface area (Å²) in [6.45, 7) is 3.83. The normalized spacial score (nSPS) is 16.4. The molecular formula is C18H25FN2O2. The molecule has 1 atom stereocenters. The Hall–Kier alpha value is -1.91. The summed E-state index contributed by atoms with van der Waals surface area (Å²) in [5, 5.41) is 2.80. The standard InChI is InChI=1S/C18H25FN2O2/c1-12(2)16(18(23)21(3)15-6-4-5-7-15)20-17(22)13-8-10-14(19)11-9-13/h8-12,15-16H,4-7H2,1-3H3,(H,20,22)/t16-/m0/s1. The molecule has 0 aromatic heterocycles. The van der Waals surface area contributed by atoms with Gasteiger partial charge in [-0.15, -0.1) is 0 Å². The van der Waals surface area contributed by atoms with Gasteiger partial charge in [0.1, 0.15) is 11.9 Å². The zero-order chi connectivity index (χ0) is 17.0. The molecule has 1 aromatic rings. The topological polar surface area (TPSA) is 49.4 Å². The minimum atomic E-state index is -0.571. The molecule has 5 heteroatoms. The van der Waals surface area contributed by atoms with Crippen LogP contribution in [0.2, 0.25) is 0 Å². The van der Waals surface area contributed by atoms with E-state index in [2.05, 4.69) is 5.32 Å². The third-order valence-electron chi connectivity index (χ3n) is 4.55. The maximum atomic E-state index is 13.0. The first kappa shape index (κ1) is 17.4. The van der Waals surface area contributed by atoms with Crippen LogP contribution in [-0.2, 0) is 4.79 Å². The highest BCUT2D eigenvalue weighted by atomic mass is 19.1. The highest BCUT2D eigenvalue weighted by molar-refractivity contribution is 5.97. The van der Waals surface area contributed by atoms with Crippen LogP contribution < -0.4 is 5.32 Å². The van der Waals surface area contributed by atoms with Crippen molar-refractivity contribution < 1.29 is 14.0 Å². The van der Waals surface area contributed by atoms with Crippen LogP contribution >= 0.6 is 0 Å². The van der Waals surface area contributed by atoms with Gasteiger partial charge in [0.25, 0.3) is 5.91 Å². The summed E-state index contributed by atoms with van der Waals surface area (Å²) in [4.78, 5) is 26.8. The van der Waals surface area contributed by atoms with Gasteiger partial charge in [0, 0.05) is 18.7 Å². The number of halogens is 1. The number of amides is 2. The minimum absolute atomic E-state index is 0.0178. The van der Waals surface area contributed by atoms with Crippen molar-refractivity contribution in [3.63, 3.8) is 0 Å². The molecule has 1 N–H and O–H groups in total. The SMILES string of the molecule is CC(C)[C@H](NC(=O)c1ccc(F)cc1)C(=O)N(C)C1CCCC1. The molecule has 0 aliphatic heterocycles. The van der Waals surface area contributed by atoms with Gasteiger partial charge in [-0.2, -0.15) is 0 Å². The first-order chi connectivity index (χ1) is 10.9. The lowest BCUT2D eigenvalue weighted by molar-refractivity contribution is -0.135. The van der Waals surface area contributed by atoms with Crippen LogP contribution in [0.5, 0.6) is 0 Å². The average Bonchev–Trinajstić information content (AvgIpc) is 3.05. The Morgan fingerprint density at radius 1 is 1.17 bits per heavy atom. The van der Waals surface area contributed by atoms with Crippen molar-refractivity contribution in [1.29, 1.82) is 0 Å². The van der Waals surface area contributed by atoms with Crippen LogP contribution in [0, 0.1) is 11.7 Å². The second-order valence-electron chi connectivity index (χ2n) is 6.59. The van der Waals surface area contributed by atoms with Crippen molar-refractivity contribution in [1.82, 2.24) is 10.2 Å². The van der Waals surface area contributed by atoms with Crippen molar-refractivity contribution in [2.75, 3.05) is 7.05 Å². The summed E-state index contributed by atoms with van der Waals surface area (Å²) >= 11 is 0. The predicted octanol–water partition coefficient (Wildman–Crippen LogP) is 2.98. The molecule has 0 heterocycles. The summed E-state index contributed by atoms with van der Waals surface area (Å²) in [7, 11) is 1.82. The van der Waals surface area contributed by atoms with Gasteiger partial charge in [-0.05, 0) is 43.0 Å². The molecule has 0 bridgehead atoms. The van der Waals surface area contributed by atoms with Crippen molar-refractivity contribution in [2.45, 2.75) is 51.6 Å². The highest BCUT2D eigenvalue weighted by Gasteiger charge is 2.31. The number of hydrogen-bond donors (Lipinski definition) is 1. The number of benzene rings is 1. The van der Waals surface area contributed by atoms with Crippen LogP contribution in [0.3, 0.4) is 0 Å². The van der Waals surface area contributed by atoms with Gasteiger partial charge in [0.05, 0.1) is 0 Å². The molecule has 2 rings (SSSR count). The van der Waals surface area contributed by atoms with Crippen LogP contribution in [0.1, 0.15) is 49.9 Å². The molecule has 1 aromatic carbocycles. The third-order valence-corrected chi connectivity index (χ3v) is 4.55. The second kappa shape index (κ2) is 7.57. The van der Waals surface area contributed by atoms with Crippen molar-refractivity contribution in [3.05, 3.63) is 35.6 Å². The van der Waals surface area contributed by atoms with Crippen LogP contribution in [-0.4, -0.2) is 35.8 Å². The Bertz CT molecular complexity index is 551. The lowest BCUT2D eigenvalue weighted by atomic mass is 10.0. The van der Waals surface area contributed by atoms with Crippen LogP contribution in [0.15, 0.2) is 24.3 Å². The van der Waals surface area contributed by atoms with Gasteiger partial charge in [0.2, 0.25) is 5.91 Å². The van der Waals surface area contributed by atoms with Gasteiger partial charge in [-0.25, -0.2) is 4.39 Å². The molecule has 0 saturated heterocycles. The first-order valence-electron chi connectivity index (χ1n) is 8.23. The van der Waals surface area contributed by atoms with E-state index in [9.17, 15) is 14.0 Å². The van der Waals surface area contributed by atoms with E-state index in [0.29, 0.717) is 5.56 Å². The number of nitrogens with one attached hydrogen (secondary N) is 1. The molecule has 4 nitrogen and oxygen atoms in total. The molecule has 23 heavy (non-hydrogen) atoms. The van der Waals surface area contributed by atoms with Crippen molar-refractivity contribution in [2.24, 2.45) is 5.92 Å². The van der Waals surface area contributed by atoms with Gasteiger partial charge in [-0.3, -0.25) is 9.59 Å². The van der Waals surface area contributed by atoms with Gasteiger partial charge in [-0.1, -0.05) is 26.7 Å². The van der Waals surface area contributed by atoms with E-state index in [1.807, 2.05) is 20.9 Å². The molecule has 0 radical (unpaired) electrons. The Kier molecular flexibility index (Phi) is 5.74. The molecule has 0 unspecified atom stereocenters. The second-order valence-corrected chi connectivity index (χ2v) is 6.59. The quantitative estimate of drug-likeness (QED) is 0.907. The molecular weight excluding hydrogens is 295 g/mol. The van der Waals surface area contributed by atoms with Crippen molar-refractivity contribution in [3.8, 4) is 0 Å². The fourth-order valence-corrected chi connectivity index (χ4v) is 3.03. The number of rotatable bonds is 5. The number of nitrogens with zero attached hydrogens (tertiary/aromatic N) is 1. The van der Waals surface area contributed by atoms with Gasteiger partial charge in [0.15, 0.2) is 0 Å². The largest absolute Gasteiger partial charge is 0.341 e.